The molecule has 4 heteroatoms. The predicted molar refractivity (Wildman–Crippen MR) is 85.4 cm³/mol. The molecule has 1 amide bonds. The molecule has 116 valence electrons. The number of aliphatic hydroxyl groups excluding tert-OH is 1. The normalized spacial score (nSPS) is 16.0. The summed E-state index contributed by atoms with van der Waals surface area (Å²) in [5.74, 6) is 0.0693. The summed E-state index contributed by atoms with van der Waals surface area (Å²) in [7, 11) is 0. The van der Waals surface area contributed by atoms with E-state index in [2.05, 4.69) is 10.2 Å². The smallest absolute Gasteiger partial charge is 0.225 e. The van der Waals surface area contributed by atoms with E-state index in [1.165, 1.54) is 19.3 Å². The van der Waals surface area contributed by atoms with Gasteiger partial charge in [-0.25, -0.2) is 0 Å². The zero-order valence-corrected chi connectivity index (χ0v) is 13.1. The van der Waals surface area contributed by atoms with Gasteiger partial charge in [0, 0.05) is 18.7 Å². The minimum absolute atomic E-state index is 0.0376. The average Bonchev–Trinajstić information content (AvgIpc) is 2.49. The standard InChI is InChI=1S/C17H26N2O2/c1-13-11-16(14(2)10-15(13)12-20)18-17(21)6-9-19-7-4-3-5-8-19/h10-11,20H,3-9,12H2,1-2H3,(H,18,21). The van der Waals surface area contributed by atoms with Crippen LogP contribution in [0.3, 0.4) is 0 Å². The lowest BCUT2D eigenvalue weighted by Crippen LogP contribution is -2.32. The van der Waals surface area contributed by atoms with Crippen molar-refractivity contribution in [1.29, 1.82) is 0 Å². The number of amides is 1. The summed E-state index contributed by atoms with van der Waals surface area (Å²) in [5, 5.41) is 12.2. The van der Waals surface area contributed by atoms with E-state index in [0.717, 1.165) is 42.0 Å². The summed E-state index contributed by atoms with van der Waals surface area (Å²) in [6, 6.07) is 3.88. The van der Waals surface area contributed by atoms with Crippen LogP contribution in [0.15, 0.2) is 12.1 Å². The van der Waals surface area contributed by atoms with Crippen molar-refractivity contribution in [2.75, 3.05) is 25.0 Å². The van der Waals surface area contributed by atoms with E-state index < -0.39 is 0 Å². The minimum Gasteiger partial charge on any atom is -0.392 e. The SMILES string of the molecule is Cc1cc(NC(=O)CCN2CCCCC2)c(C)cc1CO. The molecule has 2 N–H and O–H groups in total. The highest BCUT2D eigenvalue weighted by Gasteiger charge is 2.12. The lowest BCUT2D eigenvalue weighted by molar-refractivity contribution is -0.116. The molecule has 1 aliphatic rings. The number of aryl methyl sites for hydroxylation is 2. The quantitative estimate of drug-likeness (QED) is 0.876. The summed E-state index contributed by atoms with van der Waals surface area (Å²) in [6.45, 7) is 7.04. The van der Waals surface area contributed by atoms with E-state index >= 15 is 0 Å². The fourth-order valence-electron chi connectivity index (χ4n) is 2.84. The maximum absolute atomic E-state index is 12.1. The molecular weight excluding hydrogens is 264 g/mol. The van der Waals surface area contributed by atoms with Crippen molar-refractivity contribution in [3.63, 3.8) is 0 Å². The van der Waals surface area contributed by atoms with Crippen molar-refractivity contribution in [2.45, 2.75) is 46.1 Å². The number of aliphatic hydroxyl groups is 1. The minimum atomic E-state index is 0.0376. The highest BCUT2D eigenvalue weighted by Crippen LogP contribution is 2.21. The second-order valence-corrected chi connectivity index (χ2v) is 5.95. The van der Waals surface area contributed by atoms with Gasteiger partial charge in [0.2, 0.25) is 5.91 Å². The number of nitrogens with zero attached hydrogens (tertiary/aromatic N) is 1. The van der Waals surface area contributed by atoms with Gasteiger partial charge in [-0.15, -0.1) is 0 Å². The van der Waals surface area contributed by atoms with Gasteiger partial charge in [0.05, 0.1) is 6.61 Å². The molecule has 0 saturated carbocycles. The zero-order chi connectivity index (χ0) is 15.2. The maximum atomic E-state index is 12.1. The molecule has 2 rings (SSSR count). The lowest BCUT2D eigenvalue weighted by atomic mass is 10.0. The predicted octanol–water partition coefficient (Wildman–Crippen LogP) is 2.61. The Labute approximate surface area is 127 Å². The lowest BCUT2D eigenvalue weighted by Gasteiger charge is -2.26. The Morgan fingerprint density at radius 2 is 1.90 bits per heavy atom. The summed E-state index contributed by atoms with van der Waals surface area (Å²) in [4.78, 5) is 14.5. The fourth-order valence-corrected chi connectivity index (χ4v) is 2.84. The molecule has 0 aliphatic carbocycles. The Hall–Kier alpha value is -1.39. The number of nitrogens with one attached hydrogen (secondary N) is 1. The molecule has 1 aliphatic heterocycles. The first-order valence-corrected chi connectivity index (χ1v) is 7.83. The van der Waals surface area contributed by atoms with Crippen LogP contribution in [0.5, 0.6) is 0 Å². The number of hydrogen-bond acceptors (Lipinski definition) is 3. The van der Waals surface area contributed by atoms with E-state index in [4.69, 9.17) is 0 Å². The van der Waals surface area contributed by atoms with Gasteiger partial charge in [-0.3, -0.25) is 4.79 Å². The third-order valence-electron chi connectivity index (χ3n) is 4.23. The summed E-state index contributed by atoms with van der Waals surface area (Å²) < 4.78 is 0. The van der Waals surface area contributed by atoms with Crippen LogP contribution < -0.4 is 5.32 Å². The second kappa shape index (κ2) is 7.57. The van der Waals surface area contributed by atoms with Gasteiger partial charge in [-0.05, 0) is 62.5 Å². The molecule has 1 aromatic carbocycles. The number of anilines is 1. The van der Waals surface area contributed by atoms with Crippen molar-refractivity contribution in [3.8, 4) is 0 Å². The Bertz CT molecular complexity index is 494. The molecule has 1 fully saturated rings. The van der Waals surface area contributed by atoms with E-state index in [-0.39, 0.29) is 12.5 Å². The molecular formula is C17H26N2O2. The number of carbonyl (C=O) groups excluding carboxylic acids is 1. The Morgan fingerprint density at radius 3 is 2.57 bits per heavy atom. The fraction of sp³-hybridized carbons (Fsp3) is 0.588. The number of piperidine rings is 1. The third-order valence-corrected chi connectivity index (χ3v) is 4.23. The van der Waals surface area contributed by atoms with Gasteiger partial charge >= 0.3 is 0 Å². The van der Waals surface area contributed by atoms with Gasteiger partial charge in [0.25, 0.3) is 0 Å². The van der Waals surface area contributed by atoms with E-state index in [1.54, 1.807) is 0 Å². The van der Waals surface area contributed by atoms with Crippen LogP contribution >= 0.6 is 0 Å². The molecule has 0 spiro atoms. The first kappa shape index (κ1) is 16.0. The monoisotopic (exact) mass is 290 g/mol. The maximum Gasteiger partial charge on any atom is 0.225 e. The Balaban J connectivity index is 1.88. The number of hydrogen-bond donors (Lipinski definition) is 2. The number of benzene rings is 1. The van der Waals surface area contributed by atoms with Gasteiger partial charge in [0.1, 0.15) is 0 Å². The summed E-state index contributed by atoms with van der Waals surface area (Å²) in [5.41, 5.74) is 3.78. The van der Waals surface area contributed by atoms with Crippen LogP contribution in [0.4, 0.5) is 5.69 Å². The van der Waals surface area contributed by atoms with Crippen LogP contribution in [0.1, 0.15) is 42.4 Å². The van der Waals surface area contributed by atoms with Gasteiger partial charge < -0.3 is 15.3 Å². The third kappa shape index (κ3) is 4.55. The van der Waals surface area contributed by atoms with Crippen molar-refractivity contribution in [2.24, 2.45) is 0 Å². The number of rotatable bonds is 5. The Kier molecular flexibility index (Phi) is 5.76. The molecule has 0 radical (unpaired) electrons. The van der Waals surface area contributed by atoms with E-state index in [9.17, 15) is 9.90 Å². The van der Waals surface area contributed by atoms with Crippen LogP contribution in [0, 0.1) is 13.8 Å². The molecule has 1 saturated heterocycles. The van der Waals surface area contributed by atoms with Crippen LogP contribution in [0.25, 0.3) is 0 Å². The Morgan fingerprint density at radius 1 is 1.19 bits per heavy atom. The number of likely N-dealkylation sites (tertiary alicyclic amines) is 1. The van der Waals surface area contributed by atoms with Crippen LogP contribution in [-0.2, 0) is 11.4 Å². The van der Waals surface area contributed by atoms with Crippen molar-refractivity contribution in [3.05, 3.63) is 28.8 Å². The van der Waals surface area contributed by atoms with Crippen molar-refractivity contribution in [1.82, 2.24) is 4.90 Å². The summed E-state index contributed by atoms with van der Waals surface area (Å²) in [6.07, 6.45) is 4.36. The molecule has 0 bridgehead atoms. The molecule has 0 atom stereocenters. The topological polar surface area (TPSA) is 52.6 Å². The molecule has 0 aromatic heterocycles. The largest absolute Gasteiger partial charge is 0.392 e. The van der Waals surface area contributed by atoms with E-state index in [1.807, 2.05) is 26.0 Å². The average molecular weight is 290 g/mol. The second-order valence-electron chi connectivity index (χ2n) is 5.95. The summed E-state index contributed by atoms with van der Waals surface area (Å²) >= 11 is 0. The van der Waals surface area contributed by atoms with Gasteiger partial charge in [-0.2, -0.15) is 0 Å². The molecule has 0 unspecified atom stereocenters. The number of carbonyl (C=O) groups is 1. The molecule has 1 aromatic rings. The van der Waals surface area contributed by atoms with Crippen molar-refractivity contribution >= 4 is 11.6 Å². The van der Waals surface area contributed by atoms with Gasteiger partial charge in [0.15, 0.2) is 0 Å². The van der Waals surface area contributed by atoms with E-state index in [0.29, 0.717) is 6.42 Å². The molecule has 21 heavy (non-hydrogen) atoms. The molecule has 4 nitrogen and oxygen atoms in total. The van der Waals surface area contributed by atoms with Crippen molar-refractivity contribution < 1.29 is 9.90 Å². The highest BCUT2D eigenvalue weighted by molar-refractivity contribution is 5.91. The van der Waals surface area contributed by atoms with Crippen LogP contribution in [0.2, 0.25) is 0 Å². The highest BCUT2D eigenvalue weighted by atomic mass is 16.3. The van der Waals surface area contributed by atoms with Gasteiger partial charge in [-0.1, -0.05) is 12.5 Å². The first-order valence-electron chi connectivity index (χ1n) is 7.83. The molecule has 1 heterocycles. The zero-order valence-electron chi connectivity index (χ0n) is 13.1. The van der Waals surface area contributed by atoms with Crippen LogP contribution in [-0.4, -0.2) is 35.5 Å². The first-order chi connectivity index (χ1) is 10.1.